The highest BCUT2D eigenvalue weighted by Crippen LogP contribution is 2.26. The molecule has 6 nitrogen and oxygen atoms in total. The number of nitrogens with zero attached hydrogens (tertiary/aromatic N) is 3. The lowest BCUT2D eigenvalue weighted by Crippen LogP contribution is -1.91. The van der Waals surface area contributed by atoms with Crippen LogP contribution in [0, 0.1) is 24.0 Å². The molecule has 0 amide bonds. The fourth-order valence-corrected chi connectivity index (χ4v) is 2.87. The number of hydrogen-bond acceptors (Lipinski definition) is 6. The minimum Gasteiger partial charge on any atom is -0.258 e. The van der Waals surface area contributed by atoms with Crippen LogP contribution in [0.5, 0.6) is 0 Å². The van der Waals surface area contributed by atoms with Gasteiger partial charge >= 0.3 is 0 Å². The number of non-ortho nitro benzene ring substituents is 1. The van der Waals surface area contributed by atoms with Gasteiger partial charge in [-0.1, -0.05) is 12.1 Å². The molecule has 0 fully saturated rings. The van der Waals surface area contributed by atoms with Crippen molar-refractivity contribution in [3.05, 3.63) is 74.6 Å². The zero-order valence-corrected chi connectivity index (χ0v) is 14.6. The summed E-state index contributed by atoms with van der Waals surface area (Å²) in [5.41, 5.74) is 8.18. The molecule has 0 radical (unpaired) electrons. The second-order valence-electron chi connectivity index (χ2n) is 5.56. The van der Waals surface area contributed by atoms with Crippen molar-refractivity contribution in [3.8, 4) is 11.3 Å². The smallest absolute Gasteiger partial charge is 0.258 e. The Labute approximate surface area is 149 Å². The lowest BCUT2D eigenvalue weighted by molar-refractivity contribution is -0.384. The summed E-state index contributed by atoms with van der Waals surface area (Å²) < 4.78 is 0. The Morgan fingerprint density at radius 3 is 2.60 bits per heavy atom. The highest BCUT2D eigenvalue weighted by atomic mass is 32.1. The van der Waals surface area contributed by atoms with Crippen molar-refractivity contribution in [2.24, 2.45) is 5.10 Å². The minimum absolute atomic E-state index is 0.0584. The Bertz CT molecular complexity index is 933. The first kappa shape index (κ1) is 16.8. The highest BCUT2D eigenvalue weighted by molar-refractivity contribution is 7.14. The molecule has 126 valence electrons. The van der Waals surface area contributed by atoms with E-state index in [1.165, 1.54) is 34.6 Å². The summed E-state index contributed by atoms with van der Waals surface area (Å²) in [5.74, 6) is 0. The van der Waals surface area contributed by atoms with E-state index < -0.39 is 4.92 Å². The largest absolute Gasteiger partial charge is 0.269 e. The number of nitrogens with one attached hydrogen (secondary N) is 1. The first-order valence-corrected chi connectivity index (χ1v) is 8.47. The minimum atomic E-state index is -0.428. The summed E-state index contributed by atoms with van der Waals surface area (Å²) >= 11 is 1.47. The van der Waals surface area contributed by atoms with Crippen molar-refractivity contribution in [2.45, 2.75) is 13.8 Å². The molecular formula is C18H16N4O2S. The van der Waals surface area contributed by atoms with Gasteiger partial charge < -0.3 is 0 Å². The number of rotatable bonds is 5. The van der Waals surface area contributed by atoms with E-state index in [-0.39, 0.29) is 5.69 Å². The molecule has 0 aliphatic carbocycles. The molecule has 3 aromatic rings. The molecule has 0 saturated heterocycles. The topological polar surface area (TPSA) is 80.4 Å². The molecule has 0 atom stereocenters. The number of anilines is 1. The van der Waals surface area contributed by atoms with Crippen LogP contribution in [0.15, 0.2) is 52.9 Å². The van der Waals surface area contributed by atoms with Gasteiger partial charge in [0.05, 0.1) is 16.8 Å². The number of aromatic nitrogens is 1. The molecule has 0 saturated carbocycles. The molecule has 0 bridgehead atoms. The third kappa shape index (κ3) is 4.07. The van der Waals surface area contributed by atoms with Crippen molar-refractivity contribution in [2.75, 3.05) is 5.43 Å². The zero-order chi connectivity index (χ0) is 17.8. The summed E-state index contributed by atoms with van der Waals surface area (Å²) in [6, 6.07) is 12.4. The van der Waals surface area contributed by atoms with Gasteiger partial charge in [-0.2, -0.15) is 5.10 Å². The van der Waals surface area contributed by atoms with Crippen LogP contribution in [-0.2, 0) is 0 Å². The maximum atomic E-state index is 10.6. The van der Waals surface area contributed by atoms with Gasteiger partial charge in [0.1, 0.15) is 0 Å². The summed E-state index contributed by atoms with van der Waals surface area (Å²) in [6.07, 6.45) is 1.60. The third-order valence-corrected chi connectivity index (χ3v) is 4.53. The Balaban J connectivity index is 1.67. The lowest BCUT2D eigenvalue weighted by Gasteiger charge is -2.02. The van der Waals surface area contributed by atoms with Crippen LogP contribution in [0.1, 0.15) is 16.7 Å². The second kappa shape index (κ2) is 7.23. The van der Waals surface area contributed by atoms with Gasteiger partial charge in [0.15, 0.2) is 0 Å². The molecule has 0 aliphatic rings. The quantitative estimate of drug-likeness (QED) is 0.407. The molecular weight excluding hydrogens is 336 g/mol. The molecule has 0 spiro atoms. The van der Waals surface area contributed by atoms with Gasteiger partial charge in [-0.25, -0.2) is 4.98 Å². The summed E-state index contributed by atoms with van der Waals surface area (Å²) in [4.78, 5) is 14.7. The molecule has 0 aliphatic heterocycles. The lowest BCUT2D eigenvalue weighted by atomic mass is 10.1. The monoisotopic (exact) mass is 352 g/mol. The number of nitro groups is 1. The first-order valence-electron chi connectivity index (χ1n) is 7.59. The van der Waals surface area contributed by atoms with Crippen molar-refractivity contribution >= 4 is 28.4 Å². The van der Waals surface area contributed by atoms with E-state index in [1.54, 1.807) is 18.3 Å². The summed E-state index contributed by atoms with van der Waals surface area (Å²) in [5, 5.41) is 17.4. The Kier molecular flexibility index (Phi) is 4.85. The number of nitro benzene ring substituents is 1. The van der Waals surface area contributed by atoms with Gasteiger partial charge in [-0.05, 0) is 48.7 Å². The van der Waals surface area contributed by atoms with Crippen molar-refractivity contribution in [3.63, 3.8) is 0 Å². The molecule has 3 rings (SSSR count). The fourth-order valence-electron chi connectivity index (χ4n) is 2.20. The van der Waals surface area contributed by atoms with Crippen LogP contribution < -0.4 is 5.43 Å². The van der Waals surface area contributed by atoms with Gasteiger partial charge in [0.25, 0.3) is 5.69 Å². The van der Waals surface area contributed by atoms with Crippen LogP contribution >= 0.6 is 11.3 Å². The van der Waals surface area contributed by atoms with Crippen molar-refractivity contribution in [1.82, 2.24) is 4.98 Å². The second-order valence-corrected chi connectivity index (χ2v) is 6.41. The normalized spacial score (nSPS) is 11.0. The summed E-state index contributed by atoms with van der Waals surface area (Å²) in [6.45, 7) is 4.17. The molecule has 1 aromatic heterocycles. The number of thiazole rings is 1. The van der Waals surface area contributed by atoms with E-state index in [0.717, 1.165) is 16.8 Å². The molecule has 1 heterocycles. The van der Waals surface area contributed by atoms with Gasteiger partial charge in [-0.15, -0.1) is 11.3 Å². The first-order chi connectivity index (χ1) is 12.0. The maximum Gasteiger partial charge on any atom is 0.269 e. The molecule has 7 heteroatoms. The summed E-state index contributed by atoms with van der Waals surface area (Å²) in [7, 11) is 0. The molecule has 25 heavy (non-hydrogen) atoms. The number of hydrogen-bond donors (Lipinski definition) is 1. The van der Waals surface area contributed by atoms with Crippen molar-refractivity contribution in [1.29, 1.82) is 0 Å². The number of benzene rings is 2. The van der Waals surface area contributed by atoms with E-state index in [0.29, 0.717) is 5.13 Å². The fraction of sp³-hybridized carbons (Fsp3) is 0.111. The van der Waals surface area contributed by atoms with Crippen LogP contribution in [0.2, 0.25) is 0 Å². The number of aryl methyl sites for hydroxylation is 2. The molecule has 2 aromatic carbocycles. The van der Waals surface area contributed by atoms with Crippen molar-refractivity contribution < 1.29 is 4.92 Å². The third-order valence-electron chi connectivity index (χ3n) is 3.78. The van der Waals surface area contributed by atoms with E-state index in [2.05, 4.69) is 47.6 Å². The van der Waals surface area contributed by atoms with E-state index in [9.17, 15) is 10.1 Å². The predicted octanol–water partition coefficient (Wildman–Crippen LogP) is 4.78. The van der Waals surface area contributed by atoms with Gasteiger partial charge in [-0.3, -0.25) is 15.5 Å². The Hall–Kier alpha value is -3.06. The van der Waals surface area contributed by atoms with Crippen LogP contribution in [0.4, 0.5) is 10.8 Å². The predicted molar refractivity (Wildman–Crippen MR) is 101 cm³/mol. The Morgan fingerprint density at radius 1 is 1.16 bits per heavy atom. The zero-order valence-electron chi connectivity index (χ0n) is 13.8. The van der Waals surface area contributed by atoms with Crippen LogP contribution in [0.3, 0.4) is 0 Å². The molecule has 1 N–H and O–H groups in total. The average Bonchev–Trinajstić information content (AvgIpc) is 3.07. The standard InChI is InChI=1S/C18H16N4O2S/c1-12-3-6-15(9-13(12)2)17-11-25-18(20-17)21-19-10-14-4-7-16(8-5-14)22(23)24/h3-11H,1-2H3,(H,20,21)/b19-10-. The highest BCUT2D eigenvalue weighted by Gasteiger charge is 2.05. The molecule has 0 unspecified atom stereocenters. The van der Waals surface area contributed by atoms with E-state index in [1.807, 2.05) is 5.38 Å². The maximum absolute atomic E-state index is 10.6. The van der Waals surface area contributed by atoms with Gasteiger partial charge in [0.2, 0.25) is 5.13 Å². The number of hydrazone groups is 1. The average molecular weight is 352 g/mol. The SMILES string of the molecule is Cc1ccc(-c2csc(N/N=C\c3ccc([N+](=O)[O-])cc3)n2)cc1C. The van der Waals surface area contributed by atoms with E-state index in [4.69, 9.17) is 0 Å². The van der Waals surface area contributed by atoms with Crippen LogP contribution in [0.25, 0.3) is 11.3 Å². The Morgan fingerprint density at radius 2 is 1.92 bits per heavy atom. The van der Waals surface area contributed by atoms with E-state index >= 15 is 0 Å². The van der Waals surface area contributed by atoms with Crippen LogP contribution in [-0.4, -0.2) is 16.1 Å². The van der Waals surface area contributed by atoms with Gasteiger partial charge in [0, 0.05) is 23.1 Å².